The van der Waals surface area contributed by atoms with Crippen molar-refractivity contribution in [1.29, 1.82) is 0 Å². The van der Waals surface area contributed by atoms with E-state index in [1.54, 1.807) is 4.90 Å². The predicted octanol–water partition coefficient (Wildman–Crippen LogP) is 1.77. The average Bonchev–Trinajstić information content (AvgIpc) is 2.25. The zero-order valence-electron chi connectivity index (χ0n) is 11.8. The molecule has 0 aromatic heterocycles. The molecule has 5 nitrogen and oxygen atoms in total. The summed E-state index contributed by atoms with van der Waals surface area (Å²) >= 11 is 0. The largest absolute Gasteiger partial charge is 0.444 e. The van der Waals surface area contributed by atoms with E-state index in [2.05, 4.69) is 0 Å². The molecule has 0 aliphatic heterocycles. The van der Waals surface area contributed by atoms with Crippen molar-refractivity contribution >= 4 is 6.09 Å². The van der Waals surface area contributed by atoms with Gasteiger partial charge >= 0.3 is 6.09 Å². The summed E-state index contributed by atoms with van der Waals surface area (Å²) in [5.74, 6) is 0. The lowest BCUT2D eigenvalue weighted by atomic mass is 10.2. The summed E-state index contributed by atoms with van der Waals surface area (Å²) in [6, 6.07) is 0. The molecule has 0 aromatic rings. The topological polar surface area (TPSA) is 70.0 Å². The molecule has 0 heterocycles. The van der Waals surface area contributed by atoms with Crippen molar-refractivity contribution in [2.45, 2.75) is 52.1 Å². The Morgan fingerprint density at radius 3 is 1.78 bits per heavy atom. The highest BCUT2D eigenvalue weighted by Crippen LogP contribution is 2.11. The second-order valence-electron chi connectivity index (χ2n) is 5.33. The Hall–Kier alpha value is -0.810. The number of nitrogens with zero attached hydrogens (tertiary/aromatic N) is 1. The second kappa shape index (κ2) is 9.16. The fourth-order valence-electron chi connectivity index (χ4n) is 1.45. The third kappa shape index (κ3) is 9.24. The van der Waals surface area contributed by atoms with Crippen LogP contribution in [-0.4, -0.2) is 53.1 Å². The Morgan fingerprint density at radius 1 is 1.00 bits per heavy atom. The molecule has 108 valence electrons. The smallest absolute Gasteiger partial charge is 0.410 e. The first-order valence-corrected chi connectivity index (χ1v) is 6.60. The summed E-state index contributed by atoms with van der Waals surface area (Å²) in [5, 5.41) is 17.5. The maximum Gasteiger partial charge on any atom is 0.410 e. The lowest BCUT2D eigenvalue weighted by molar-refractivity contribution is 0.0239. The van der Waals surface area contributed by atoms with Gasteiger partial charge in [-0.15, -0.1) is 0 Å². The average molecular weight is 261 g/mol. The minimum atomic E-state index is -0.497. The first-order chi connectivity index (χ1) is 8.40. The number of aliphatic hydroxyl groups is 2. The van der Waals surface area contributed by atoms with Crippen molar-refractivity contribution in [2.75, 3.05) is 26.3 Å². The fraction of sp³-hybridized carbons (Fsp3) is 0.923. The molecule has 0 saturated heterocycles. The maximum atomic E-state index is 11.9. The zero-order chi connectivity index (χ0) is 14.0. The first kappa shape index (κ1) is 17.2. The number of hydrogen-bond donors (Lipinski definition) is 2. The van der Waals surface area contributed by atoms with Gasteiger partial charge in [-0.2, -0.15) is 0 Å². The molecule has 0 bridgehead atoms. The fourth-order valence-corrected chi connectivity index (χ4v) is 1.45. The van der Waals surface area contributed by atoms with Crippen LogP contribution in [0.15, 0.2) is 0 Å². The molecule has 18 heavy (non-hydrogen) atoms. The van der Waals surface area contributed by atoms with E-state index in [9.17, 15) is 4.79 Å². The number of carbonyl (C=O) groups excluding carboxylic acids is 1. The molecule has 5 heteroatoms. The molecule has 0 aromatic carbocycles. The van der Waals surface area contributed by atoms with Gasteiger partial charge in [0, 0.05) is 26.3 Å². The minimum Gasteiger partial charge on any atom is -0.444 e. The van der Waals surface area contributed by atoms with E-state index >= 15 is 0 Å². The predicted molar refractivity (Wildman–Crippen MR) is 70.4 cm³/mol. The lowest BCUT2D eigenvalue weighted by Gasteiger charge is -2.27. The molecule has 0 rings (SSSR count). The van der Waals surface area contributed by atoms with Crippen LogP contribution in [0.3, 0.4) is 0 Å². The second-order valence-corrected chi connectivity index (χ2v) is 5.33. The highest BCUT2D eigenvalue weighted by molar-refractivity contribution is 5.68. The molecular formula is C13H27NO4. The van der Waals surface area contributed by atoms with Gasteiger partial charge in [0.05, 0.1) is 0 Å². The summed E-state index contributed by atoms with van der Waals surface area (Å²) in [6.07, 6.45) is 2.56. The van der Waals surface area contributed by atoms with Gasteiger partial charge in [-0.1, -0.05) is 0 Å². The van der Waals surface area contributed by atoms with Crippen LogP contribution in [0.1, 0.15) is 46.5 Å². The molecule has 2 N–H and O–H groups in total. The van der Waals surface area contributed by atoms with Gasteiger partial charge in [0.15, 0.2) is 0 Å². The van der Waals surface area contributed by atoms with E-state index < -0.39 is 5.60 Å². The number of hydrogen-bond acceptors (Lipinski definition) is 4. The van der Waals surface area contributed by atoms with Gasteiger partial charge in [0.25, 0.3) is 0 Å². The van der Waals surface area contributed by atoms with Gasteiger partial charge in [-0.3, -0.25) is 0 Å². The van der Waals surface area contributed by atoms with Crippen molar-refractivity contribution < 1.29 is 19.7 Å². The van der Waals surface area contributed by atoms with Crippen LogP contribution in [0.4, 0.5) is 4.79 Å². The number of unbranched alkanes of at least 4 members (excludes halogenated alkanes) is 2. The number of carbonyl (C=O) groups is 1. The Bertz CT molecular complexity index is 216. The third-order valence-corrected chi connectivity index (χ3v) is 2.32. The zero-order valence-corrected chi connectivity index (χ0v) is 11.8. The van der Waals surface area contributed by atoms with Crippen molar-refractivity contribution in [3.8, 4) is 0 Å². The van der Waals surface area contributed by atoms with Gasteiger partial charge in [-0.25, -0.2) is 4.79 Å². The van der Waals surface area contributed by atoms with Crippen molar-refractivity contribution in [3.63, 3.8) is 0 Å². The summed E-state index contributed by atoms with van der Waals surface area (Å²) in [4.78, 5) is 13.6. The van der Waals surface area contributed by atoms with E-state index in [0.717, 1.165) is 12.8 Å². The summed E-state index contributed by atoms with van der Waals surface area (Å²) < 4.78 is 5.32. The summed E-state index contributed by atoms with van der Waals surface area (Å²) in [7, 11) is 0. The van der Waals surface area contributed by atoms with Crippen LogP contribution in [0.2, 0.25) is 0 Å². The van der Waals surface area contributed by atoms with E-state index in [4.69, 9.17) is 14.9 Å². The molecule has 0 unspecified atom stereocenters. The normalized spacial score (nSPS) is 11.4. The van der Waals surface area contributed by atoms with Crippen molar-refractivity contribution in [2.24, 2.45) is 0 Å². The third-order valence-electron chi connectivity index (χ3n) is 2.32. The van der Waals surface area contributed by atoms with Gasteiger partial charge in [0.1, 0.15) is 5.60 Å². The van der Waals surface area contributed by atoms with Gasteiger partial charge in [0.2, 0.25) is 0 Å². The first-order valence-electron chi connectivity index (χ1n) is 6.60. The highest BCUT2D eigenvalue weighted by Gasteiger charge is 2.21. The summed E-state index contributed by atoms with van der Waals surface area (Å²) in [5.41, 5.74) is -0.497. The number of ether oxygens (including phenoxy) is 1. The molecular weight excluding hydrogens is 234 g/mol. The molecule has 0 saturated carbocycles. The molecule has 0 spiro atoms. The van der Waals surface area contributed by atoms with E-state index in [1.165, 1.54) is 0 Å². The Balaban J connectivity index is 4.20. The summed E-state index contributed by atoms with van der Waals surface area (Å²) in [6.45, 7) is 6.96. The van der Waals surface area contributed by atoms with E-state index in [1.807, 2.05) is 20.8 Å². The maximum absolute atomic E-state index is 11.9. The Kier molecular flexibility index (Phi) is 8.75. The highest BCUT2D eigenvalue weighted by atomic mass is 16.6. The van der Waals surface area contributed by atoms with Crippen LogP contribution < -0.4 is 0 Å². The number of aliphatic hydroxyl groups excluding tert-OH is 2. The molecule has 0 radical (unpaired) electrons. The SMILES string of the molecule is CC(C)(C)OC(=O)N(CCCCO)CCCCO. The van der Waals surface area contributed by atoms with Crippen LogP contribution in [0.5, 0.6) is 0 Å². The van der Waals surface area contributed by atoms with E-state index in [0.29, 0.717) is 25.9 Å². The number of rotatable bonds is 8. The van der Waals surface area contributed by atoms with Crippen LogP contribution in [0, 0.1) is 0 Å². The van der Waals surface area contributed by atoms with Crippen molar-refractivity contribution in [1.82, 2.24) is 4.90 Å². The molecule has 1 amide bonds. The Morgan fingerprint density at radius 2 is 1.44 bits per heavy atom. The molecule has 0 fully saturated rings. The van der Waals surface area contributed by atoms with Crippen LogP contribution in [-0.2, 0) is 4.74 Å². The van der Waals surface area contributed by atoms with Gasteiger partial charge in [-0.05, 0) is 46.5 Å². The molecule has 0 aliphatic carbocycles. The molecule has 0 atom stereocenters. The molecule has 0 aliphatic rings. The number of amides is 1. The minimum absolute atomic E-state index is 0.138. The lowest BCUT2D eigenvalue weighted by Crippen LogP contribution is -2.38. The standard InChI is InChI=1S/C13H27NO4/c1-13(2,3)18-12(17)14(8-4-6-10-15)9-5-7-11-16/h15-16H,4-11H2,1-3H3. The van der Waals surface area contributed by atoms with Gasteiger partial charge < -0.3 is 19.8 Å². The van der Waals surface area contributed by atoms with Crippen molar-refractivity contribution in [3.05, 3.63) is 0 Å². The van der Waals surface area contributed by atoms with Crippen LogP contribution in [0.25, 0.3) is 0 Å². The Labute approximate surface area is 110 Å². The van der Waals surface area contributed by atoms with E-state index in [-0.39, 0.29) is 19.3 Å². The van der Waals surface area contributed by atoms with Crippen LogP contribution >= 0.6 is 0 Å². The quantitative estimate of drug-likeness (QED) is 0.653. The monoisotopic (exact) mass is 261 g/mol.